The molecule has 0 spiro atoms. The standard InChI is InChI=1S/C16H21N3O/c1-11-7-5-6-8-14(11)9-16(20)18-12(2)15-10-17-19(4)13(15)3/h5-8,10,12H,9H2,1-4H3,(H,18,20)/t12-/m1/s1. The second kappa shape index (κ2) is 5.90. The van der Waals surface area contributed by atoms with E-state index in [0.29, 0.717) is 6.42 Å². The van der Waals surface area contributed by atoms with E-state index in [1.807, 2.05) is 63.0 Å². The topological polar surface area (TPSA) is 46.9 Å². The Morgan fingerprint density at radius 1 is 1.35 bits per heavy atom. The number of hydrogen-bond donors (Lipinski definition) is 1. The Hall–Kier alpha value is -2.10. The summed E-state index contributed by atoms with van der Waals surface area (Å²) in [6.45, 7) is 6.02. The van der Waals surface area contributed by atoms with Gasteiger partial charge in [0.15, 0.2) is 0 Å². The van der Waals surface area contributed by atoms with E-state index in [1.54, 1.807) is 0 Å². The Labute approximate surface area is 119 Å². The van der Waals surface area contributed by atoms with Crippen molar-refractivity contribution in [3.8, 4) is 0 Å². The van der Waals surface area contributed by atoms with Gasteiger partial charge in [-0.3, -0.25) is 9.48 Å². The van der Waals surface area contributed by atoms with Crippen LogP contribution in [0.25, 0.3) is 0 Å². The van der Waals surface area contributed by atoms with Crippen LogP contribution in [0.5, 0.6) is 0 Å². The summed E-state index contributed by atoms with van der Waals surface area (Å²) in [7, 11) is 1.90. The quantitative estimate of drug-likeness (QED) is 0.928. The van der Waals surface area contributed by atoms with E-state index < -0.39 is 0 Å². The molecule has 4 nitrogen and oxygen atoms in total. The fourth-order valence-corrected chi connectivity index (χ4v) is 2.29. The van der Waals surface area contributed by atoms with Crippen molar-refractivity contribution >= 4 is 5.91 Å². The number of carbonyl (C=O) groups is 1. The molecular weight excluding hydrogens is 250 g/mol. The minimum atomic E-state index is -0.0276. The lowest BCUT2D eigenvalue weighted by Crippen LogP contribution is -2.28. The second-order valence-corrected chi connectivity index (χ2v) is 5.20. The number of rotatable bonds is 4. The molecule has 0 unspecified atom stereocenters. The number of nitrogens with one attached hydrogen (secondary N) is 1. The number of aryl methyl sites for hydroxylation is 2. The molecule has 2 aromatic rings. The van der Waals surface area contributed by atoms with Crippen LogP contribution in [0.15, 0.2) is 30.5 Å². The van der Waals surface area contributed by atoms with Crippen molar-refractivity contribution in [2.75, 3.05) is 0 Å². The summed E-state index contributed by atoms with van der Waals surface area (Å²) >= 11 is 0. The summed E-state index contributed by atoms with van der Waals surface area (Å²) < 4.78 is 1.82. The summed E-state index contributed by atoms with van der Waals surface area (Å²) in [4.78, 5) is 12.1. The Bertz CT molecular complexity index is 616. The number of benzene rings is 1. The van der Waals surface area contributed by atoms with Gasteiger partial charge in [-0.15, -0.1) is 0 Å². The summed E-state index contributed by atoms with van der Waals surface area (Å²) in [5.41, 5.74) is 4.35. The van der Waals surface area contributed by atoms with Gasteiger partial charge in [-0.2, -0.15) is 5.10 Å². The van der Waals surface area contributed by atoms with Gasteiger partial charge in [-0.05, 0) is 31.9 Å². The SMILES string of the molecule is Cc1ccccc1CC(=O)N[C@H](C)c1cnn(C)c1C. The van der Waals surface area contributed by atoms with Crippen molar-refractivity contribution in [2.45, 2.75) is 33.2 Å². The first kappa shape index (κ1) is 14.3. The third kappa shape index (κ3) is 3.07. The molecule has 0 radical (unpaired) electrons. The maximum Gasteiger partial charge on any atom is 0.224 e. The average molecular weight is 271 g/mol. The fourth-order valence-electron chi connectivity index (χ4n) is 2.29. The zero-order chi connectivity index (χ0) is 14.7. The lowest BCUT2D eigenvalue weighted by atomic mass is 10.0. The van der Waals surface area contributed by atoms with Crippen molar-refractivity contribution < 1.29 is 4.79 Å². The number of aromatic nitrogens is 2. The van der Waals surface area contributed by atoms with Crippen LogP contribution in [-0.4, -0.2) is 15.7 Å². The van der Waals surface area contributed by atoms with Gasteiger partial charge in [0.1, 0.15) is 0 Å². The summed E-state index contributed by atoms with van der Waals surface area (Å²) in [6, 6.07) is 7.94. The highest BCUT2D eigenvalue weighted by atomic mass is 16.1. The molecule has 0 saturated heterocycles. The average Bonchev–Trinajstić information content (AvgIpc) is 2.73. The summed E-state index contributed by atoms with van der Waals surface area (Å²) in [5, 5.41) is 7.24. The lowest BCUT2D eigenvalue weighted by Gasteiger charge is -2.14. The Kier molecular flexibility index (Phi) is 4.23. The molecule has 0 aliphatic carbocycles. The number of amides is 1. The first-order chi connectivity index (χ1) is 9.49. The van der Waals surface area contributed by atoms with Gasteiger partial charge in [0.05, 0.1) is 18.7 Å². The van der Waals surface area contributed by atoms with E-state index >= 15 is 0 Å². The number of nitrogens with zero attached hydrogens (tertiary/aromatic N) is 2. The normalized spacial score (nSPS) is 12.2. The summed E-state index contributed by atoms with van der Waals surface area (Å²) in [6.07, 6.45) is 2.23. The largest absolute Gasteiger partial charge is 0.349 e. The van der Waals surface area contributed by atoms with E-state index in [2.05, 4.69) is 10.4 Å². The smallest absolute Gasteiger partial charge is 0.224 e. The minimum Gasteiger partial charge on any atom is -0.349 e. The van der Waals surface area contributed by atoms with Gasteiger partial charge in [0, 0.05) is 18.3 Å². The molecule has 1 atom stereocenters. The molecule has 4 heteroatoms. The van der Waals surface area contributed by atoms with Crippen LogP contribution in [-0.2, 0) is 18.3 Å². The zero-order valence-electron chi connectivity index (χ0n) is 12.5. The Balaban J connectivity index is 2.02. The first-order valence-electron chi connectivity index (χ1n) is 6.81. The highest BCUT2D eigenvalue weighted by Crippen LogP contribution is 2.16. The van der Waals surface area contributed by atoms with E-state index in [-0.39, 0.29) is 11.9 Å². The molecule has 1 amide bonds. The first-order valence-corrected chi connectivity index (χ1v) is 6.81. The van der Waals surface area contributed by atoms with Crippen molar-refractivity contribution in [3.63, 3.8) is 0 Å². The molecule has 0 aliphatic heterocycles. The van der Waals surface area contributed by atoms with Crippen LogP contribution in [0.4, 0.5) is 0 Å². The third-order valence-electron chi connectivity index (χ3n) is 3.73. The lowest BCUT2D eigenvalue weighted by molar-refractivity contribution is -0.121. The van der Waals surface area contributed by atoms with Crippen molar-refractivity contribution in [1.82, 2.24) is 15.1 Å². The highest BCUT2D eigenvalue weighted by Gasteiger charge is 2.15. The maximum absolute atomic E-state index is 12.1. The number of carbonyl (C=O) groups excluding carboxylic acids is 1. The van der Waals surface area contributed by atoms with Crippen LogP contribution < -0.4 is 5.32 Å². The fraction of sp³-hybridized carbons (Fsp3) is 0.375. The van der Waals surface area contributed by atoms with E-state index in [1.165, 1.54) is 0 Å². The summed E-state index contributed by atoms with van der Waals surface area (Å²) in [5.74, 6) is 0.0371. The van der Waals surface area contributed by atoms with Crippen LogP contribution in [0.3, 0.4) is 0 Å². The predicted octanol–water partition coefficient (Wildman–Crippen LogP) is 2.46. The van der Waals surface area contributed by atoms with Gasteiger partial charge in [-0.25, -0.2) is 0 Å². The number of hydrogen-bond acceptors (Lipinski definition) is 2. The monoisotopic (exact) mass is 271 g/mol. The van der Waals surface area contributed by atoms with E-state index in [4.69, 9.17) is 0 Å². The molecule has 2 rings (SSSR count). The van der Waals surface area contributed by atoms with Gasteiger partial charge >= 0.3 is 0 Å². The second-order valence-electron chi connectivity index (χ2n) is 5.20. The molecule has 1 aromatic heterocycles. The minimum absolute atomic E-state index is 0.0276. The predicted molar refractivity (Wildman–Crippen MR) is 79.4 cm³/mol. The van der Waals surface area contributed by atoms with Crippen LogP contribution in [0, 0.1) is 13.8 Å². The van der Waals surface area contributed by atoms with Gasteiger partial charge in [0.2, 0.25) is 5.91 Å². The Morgan fingerprint density at radius 3 is 2.65 bits per heavy atom. The molecule has 20 heavy (non-hydrogen) atoms. The van der Waals surface area contributed by atoms with Crippen molar-refractivity contribution in [2.24, 2.45) is 7.05 Å². The Morgan fingerprint density at radius 2 is 2.05 bits per heavy atom. The molecule has 1 N–H and O–H groups in total. The van der Waals surface area contributed by atoms with Crippen molar-refractivity contribution in [3.05, 3.63) is 52.8 Å². The van der Waals surface area contributed by atoms with Gasteiger partial charge in [-0.1, -0.05) is 24.3 Å². The van der Waals surface area contributed by atoms with E-state index in [0.717, 1.165) is 22.4 Å². The molecule has 106 valence electrons. The maximum atomic E-state index is 12.1. The molecule has 0 aliphatic rings. The highest BCUT2D eigenvalue weighted by molar-refractivity contribution is 5.79. The van der Waals surface area contributed by atoms with E-state index in [9.17, 15) is 4.79 Å². The van der Waals surface area contributed by atoms with Gasteiger partial charge < -0.3 is 5.32 Å². The van der Waals surface area contributed by atoms with Crippen LogP contribution in [0.1, 0.15) is 35.3 Å². The van der Waals surface area contributed by atoms with Gasteiger partial charge in [0.25, 0.3) is 0 Å². The van der Waals surface area contributed by atoms with Crippen LogP contribution in [0.2, 0.25) is 0 Å². The molecule has 1 aromatic carbocycles. The zero-order valence-corrected chi connectivity index (χ0v) is 12.5. The molecule has 0 fully saturated rings. The third-order valence-corrected chi connectivity index (χ3v) is 3.73. The van der Waals surface area contributed by atoms with Crippen LogP contribution >= 0.6 is 0 Å². The van der Waals surface area contributed by atoms with Crippen molar-refractivity contribution in [1.29, 1.82) is 0 Å². The molecular formula is C16H21N3O. The molecule has 0 bridgehead atoms. The molecule has 1 heterocycles. The molecule has 0 saturated carbocycles.